The van der Waals surface area contributed by atoms with Gasteiger partial charge in [-0.25, -0.2) is 0 Å². The number of nitrogens with one attached hydrogen (secondary N) is 1. The van der Waals surface area contributed by atoms with Gasteiger partial charge in [-0.1, -0.05) is 34.1 Å². The number of aromatic nitrogens is 2. The summed E-state index contributed by atoms with van der Waals surface area (Å²) in [5.41, 5.74) is 2.45. The van der Waals surface area contributed by atoms with Crippen LogP contribution >= 0.6 is 0 Å². The summed E-state index contributed by atoms with van der Waals surface area (Å²) in [4.78, 5) is 2.34. The quantitative estimate of drug-likeness (QED) is 0.824. The van der Waals surface area contributed by atoms with Crippen molar-refractivity contribution in [3.05, 3.63) is 11.3 Å². The van der Waals surface area contributed by atoms with Gasteiger partial charge in [-0.05, 0) is 12.8 Å². The van der Waals surface area contributed by atoms with Gasteiger partial charge in [-0.3, -0.25) is 4.68 Å². The van der Waals surface area contributed by atoms with Crippen LogP contribution in [0.2, 0.25) is 0 Å². The number of nitrogens with zero attached hydrogens (tertiary/aromatic N) is 3. The van der Waals surface area contributed by atoms with Crippen molar-refractivity contribution in [2.45, 2.75) is 53.6 Å². The molecule has 0 aromatic carbocycles. The van der Waals surface area contributed by atoms with E-state index in [4.69, 9.17) is 0 Å². The number of anilines is 1. The predicted molar refractivity (Wildman–Crippen MR) is 82.6 cm³/mol. The van der Waals surface area contributed by atoms with E-state index in [9.17, 15) is 0 Å². The molecular weight excluding hydrogens is 236 g/mol. The molecule has 1 rings (SSSR count). The standard InChI is InChI=1S/C15H30N4/c1-8-12(4)10-18(6)15-14(9-16-11(2)3)13(5)17-19(15)7/h11-12,16H,8-10H2,1-7H3. The van der Waals surface area contributed by atoms with Gasteiger partial charge < -0.3 is 10.2 Å². The van der Waals surface area contributed by atoms with Crippen LogP contribution in [-0.2, 0) is 13.6 Å². The Kier molecular flexibility index (Phi) is 5.85. The molecule has 0 aliphatic rings. The van der Waals surface area contributed by atoms with E-state index in [0.717, 1.165) is 18.8 Å². The first-order valence-corrected chi connectivity index (χ1v) is 7.33. The van der Waals surface area contributed by atoms with E-state index in [2.05, 4.69) is 57.0 Å². The third-order valence-corrected chi connectivity index (χ3v) is 3.64. The zero-order valence-electron chi connectivity index (χ0n) is 13.6. The molecule has 0 saturated heterocycles. The highest BCUT2D eigenvalue weighted by molar-refractivity contribution is 5.49. The van der Waals surface area contributed by atoms with E-state index >= 15 is 0 Å². The SMILES string of the molecule is CCC(C)CN(C)c1c(CNC(C)C)c(C)nn1C. The Hall–Kier alpha value is -1.03. The lowest BCUT2D eigenvalue weighted by molar-refractivity contribution is 0.548. The van der Waals surface area contributed by atoms with Crippen molar-refractivity contribution in [1.82, 2.24) is 15.1 Å². The molecule has 4 nitrogen and oxygen atoms in total. The molecule has 0 amide bonds. The molecular formula is C15H30N4. The number of hydrogen-bond acceptors (Lipinski definition) is 3. The van der Waals surface area contributed by atoms with E-state index in [0.29, 0.717) is 12.0 Å². The summed E-state index contributed by atoms with van der Waals surface area (Å²) in [6.07, 6.45) is 1.21. The lowest BCUT2D eigenvalue weighted by Crippen LogP contribution is -2.28. The second kappa shape index (κ2) is 6.94. The molecule has 0 bridgehead atoms. The van der Waals surface area contributed by atoms with Crippen molar-refractivity contribution in [2.75, 3.05) is 18.5 Å². The van der Waals surface area contributed by atoms with Gasteiger partial charge in [-0.2, -0.15) is 5.10 Å². The monoisotopic (exact) mass is 266 g/mol. The molecule has 1 heterocycles. The van der Waals surface area contributed by atoms with Crippen LogP contribution in [0.1, 0.15) is 45.4 Å². The van der Waals surface area contributed by atoms with Gasteiger partial charge in [0.25, 0.3) is 0 Å². The lowest BCUT2D eigenvalue weighted by Gasteiger charge is -2.24. The van der Waals surface area contributed by atoms with E-state index in [1.807, 2.05) is 11.7 Å². The van der Waals surface area contributed by atoms with Crippen molar-refractivity contribution < 1.29 is 0 Å². The Morgan fingerprint density at radius 2 is 1.95 bits per heavy atom. The number of hydrogen-bond donors (Lipinski definition) is 1. The van der Waals surface area contributed by atoms with Gasteiger partial charge in [0.15, 0.2) is 0 Å². The molecule has 0 fully saturated rings. The van der Waals surface area contributed by atoms with Crippen molar-refractivity contribution in [1.29, 1.82) is 0 Å². The van der Waals surface area contributed by atoms with Crippen molar-refractivity contribution in [3.8, 4) is 0 Å². The smallest absolute Gasteiger partial charge is 0.131 e. The summed E-state index contributed by atoms with van der Waals surface area (Å²) in [6, 6.07) is 0.493. The summed E-state index contributed by atoms with van der Waals surface area (Å²) >= 11 is 0. The second-order valence-corrected chi connectivity index (χ2v) is 5.94. The topological polar surface area (TPSA) is 33.1 Å². The largest absolute Gasteiger partial charge is 0.359 e. The minimum Gasteiger partial charge on any atom is -0.359 e. The highest BCUT2D eigenvalue weighted by Crippen LogP contribution is 2.23. The van der Waals surface area contributed by atoms with Crippen molar-refractivity contribution in [3.63, 3.8) is 0 Å². The maximum absolute atomic E-state index is 4.58. The maximum Gasteiger partial charge on any atom is 0.131 e. The molecule has 0 aliphatic heterocycles. The first-order valence-electron chi connectivity index (χ1n) is 7.33. The van der Waals surface area contributed by atoms with Crippen LogP contribution < -0.4 is 10.2 Å². The third-order valence-electron chi connectivity index (χ3n) is 3.64. The first kappa shape index (κ1) is 16.0. The fourth-order valence-corrected chi connectivity index (χ4v) is 2.36. The van der Waals surface area contributed by atoms with Crippen LogP contribution in [0.15, 0.2) is 0 Å². The number of rotatable bonds is 7. The van der Waals surface area contributed by atoms with Crippen molar-refractivity contribution in [2.24, 2.45) is 13.0 Å². The highest BCUT2D eigenvalue weighted by Gasteiger charge is 2.18. The zero-order valence-corrected chi connectivity index (χ0v) is 13.6. The minimum atomic E-state index is 0.493. The van der Waals surface area contributed by atoms with Crippen molar-refractivity contribution >= 4 is 5.82 Å². The molecule has 0 saturated carbocycles. The van der Waals surface area contributed by atoms with Gasteiger partial charge >= 0.3 is 0 Å². The molecule has 19 heavy (non-hydrogen) atoms. The predicted octanol–water partition coefficient (Wildman–Crippen LogP) is 2.71. The highest BCUT2D eigenvalue weighted by atomic mass is 15.4. The summed E-state index contributed by atoms with van der Waals surface area (Å²) in [6.45, 7) is 12.9. The summed E-state index contributed by atoms with van der Waals surface area (Å²) < 4.78 is 2.01. The molecule has 0 radical (unpaired) electrons. The second-order valence-electron chi connectivity index (χ2n) is 5.94. The fraction of sp³-hybridized carbons (Fsp3) is 0.800. The van der Waals surface area contributed by atoms with E-state index < -0.39 is 0 Å². The molecule has 0 aliphatic carbocycles. The molecule has 110 valence electrons. The molecule has 1 aromatic rings. The molecule has 1 N–H and O–H groups in total. The Morgan fingerprint density at radius 3 is 2.47 bits per heavy atom. The van der Waals surface area contributed by atoms with E-state index in [-0.39, 0.29) is 0 Å². The number of aryl methyl sites for hydroxylation is 2. The van der Waals surface area contributed by atoms with E-state index in [1.165, 1.54) is 17.8 Å². The maximum atomic E-state index is 4.58. The van der Waals surface area contributed by atoms with Crippen LogP contribution in [0.5, 0.6) is 0 Å². The molecule has 1 atom stereocenters. The van der Waals surface area contributed by atoms with Crippen LogP contribution in [0, 0.1) is 12.8 Å². The van der Waals surface area contributed by atoms with Crippen LogP contribution in [-0.4, -0.2) is 29.4 Å². The van der Waals surface area contributed by atoms with E-state index in [1.54, 1.807) is 0 Å². The minimum absolute atomic E-state index is 0.493. The molecule has 4 heteroatoms. The molecule has 1 unspecified atom stereocenters. The zero-order chi connectivity index (χ0) is 14.6. The third kappa shape index (κ3) is 4.23. The molecule has 1 aromatic heterocycles. The Labute approximate surface area is 118 Å². The summed E-state index contributed by atoms with van der Waals surface area (Å²) in [5, 5.41) is 8.08. The summed E-state index contributed by atoms with van der Waals surface area (Å²) in [7, 11) is 4.20. The van der Waals surface area contributed by atoms with Gasteiger partial charge in [-0.15, -0.1) is 0 Å². The van der Waals surface area contributed by atoms with Gasteiger partial charge in [0.1, 0.15) is 5.82 Å². The van der Waals surface area contributed by atoms with Crippen LogP contribution in [0.4, 0.5) is 5.82 Å². The fourth-order valence-electron chi connectivity index (χ4n) is 2.36. The summed E-state index contributed by atoms with van der Waals surface area (Å²) in [5.74, 6) is 1.94. The Balaban J connectivity index is 2.91. The van der Waals surface area contributed by atoms with Gasteiger partial charge in [0.05, 0.1) is 5.69 Å². The van der Waals surface area contributed by atoms with Gasteiger partial charge in [0.2, 0.25) is 0 Å². The Morgan fingerprint density at radius 1 is 1.32 bits per heavy atom. The average molecular weight is 266 g/mol. The average Bonchev–Trinajstić information content (AvgIpc) is 2.60. The normalized spacial score (nSPS) is 13.1. The van der Waals surface area contributed by atoms with Crippen LogP contribution in [0.3, 0.4) is 0 Å². The lowest BCUT2D eigenvalue weighted by atomic mass is 10.1. The first-order chi connectivity index (χ1) is 8.86. The van der Waals surface area contributed by atoms with Crippen LogP contribution in [0.25, 0.3) is 0 Å². The van der Waals surface area contributed by atoms with Gasteiger partial charge in [0, 0.05) is 38.8 Å². The Bertz CT molecular complexity index is 395. The molecule has 0 spiro atoms.